The molecule has 5 N–H and O–H groups in total. The summed E-state index contributed by atoms with van der Waals surface area (Å²) in [6, 6.07) is 6.46. The van der Waals surface area contributed by atoms with E-state index in [1.54, 1.807) is 13.0 Å². The standard InChI is InChI=1S/C19H19N7O8S3/c1-10-12(9-20)16(22-5-7-37(30,31)32)24-17(21-4-6-35-34-33-29)15(10)25-26-19-23-13-3-2-11(18(27)28)8-14(13)36-19/h2-3,8,29H,4-7H2,1H3,(H,27,28)(H2,21,22,24)(H,30,31,32). The van der Waals surface area contributed by atoms with Crippen LogP contribution in [0.4, 0.5) is 22.5 Å². The maximum absolute atomic E-state index is 11.2. The molecule has 0 atom stereocenters. The van der Waals surface area contributed by atoms with Gasteiger partial charge in [-0.3, -0.25) is 4.55 Å². The lowest BCUT2D eigenvalue weighted by Crippen LogP contribution is -2.17. The Morgan fingerprint density at radius 3 is 2.68 bits per heavy atom. The molecule has 3 aromatic rings. The lowest BCUT2D eigenvalue weighted by Gasteiger charge is -2.15. The summed E-state index contributed by atoms with van der Waals surface area (Å²) in [6.45, 7) is 1.64. The number of carboxylic acid groups (broad SMARTS) is 1. The number of nitrogens with one attached hydrogen (secondary N) is 2. The molecule has 0 bridgehead atoms. The van der Waals surface area contributed by atoms with Crippen LogP contribution in [0.3, 0.4) is 0 Å². The normalized spacial score (nSPS) is 11.6. The second kappa shape index (κ2) is 12.7. The Morgan fingerprint density at radius 1 is 1.24 bits per heavy atom. The minimum absolute atomic E-state index is 0.0638. The number of aromatic carboxylic acids is 1. The Morgan fingerprint density at radius 2 is 2.00 bits per heavy atom. The van der Waals surface area contributed by atoms with Crippen molar-refractivity contribution in [2.75, 3.05) is 35.2 Å². The molecule has 1 aromatic carbocycles. The number of nitrogens with zero attached hydrogens (tertiary/aromatic N) is 5. The lowest BCUT2D eigenvalue weighted by atomic mass is 10.1. The minimum Gasteiger partial charge on any atom is -0.478 e. The van der Waals surface area contributed by atoms with Gasteiger partial charge in [-0.15, -0.1) is 14.6 Å². The van der Waals surface area contributed by atoms with E-state index in [1.807, 2.05) is 6.07 Å². The van der Waals surface area contributed by atoms with E-state index in [-0.39, 0.29) is 46.7 Å². The van der Waals surface area contributed by atoms with Crippen molar-refractivity contribution >= 4 is 72.1 Å². The van der Waals surface area contributed by atoms with Crippen LogP contribution in [0.15, 0.2) is 28.4 Å². The molecule has 2 heterocycles. The molecule has 0 unspecified atom stereocenters. The Labute approximate surface area is 218 Å². The van der Waals surface area contributed by atoms with Crippen molar-refractivity contribution in [1.29, 1.82) is 5.26 Å². The largest absolute Gasteiger partial charge is 0.478 e. The van der Waals surface area contributed by atoms with Crippen molar-refractivity contribution in [3.8, 4) is 6.07 Å². The quantitative estimate of drug-likeness (QED) is 0.0493. The van der Waals surface area contributed by atoms with Gasteiger partial charge in [0.25, 0.3) is 10.1 Å². The Bertz CT molecular complexity index is 1470. The average molecular weight is 570 g/mol. The van der Waals surface area contributed by atoms with Gasteiger partial charge in [0.2, 0.25) is 5.13 Å². The summed E-state index contributed by atoms with van der Waals surface area (Å²) in [6.07, 6.45) is 0. The number of benzene rings is 1. The van der Waals surface area contributed by atoms with E-state index in [0.717, 1.165) is 23.4 Å². The second-order valence-corrected chi connectivity index (χ2v) is 10.4. The molecule has 196 valence electrons. The van der Waals surface area contributed by atoms with Gasteiger partial charge in [-0.2, -0.15) is 13.7 Å². The molecular weight excluding hydrogens is 550 g/mol. The number of rotatable bonds is 13. The molecule has 0 aliphatic rings. The smallest absolute Gasteiger partial charge is 0.335 e. The molecule has 0 amide bonds. The molecule has 37 heavy (non-hydrogen) atoms. The summed E-state index contributed by atoms with van der Waals surface area (Å²) in [7, 11) is -4.23. The number of anilines is 2. The van der Waals surface area contributed by atoms with E-state index in [2.05, 4.69) is 40.2 Å². The van der Waals surface area contributed by atoms with Crippen molar-refractivity contribution in [3.63, 3.8) is 0 Å². The zero-order valence-electron chi connectivity index (χ0n) is 18.9. The van der Waals surface area contributed by atoms with Crippen molar-refractivity contribution in [2.45, 2.75) is 6.92 Å². The van der Waals surface area contributed by atoms with Crippen LogP contribution >= 0.6 is 23.4 Å². The molecule has 0 fully saturated rings. The van der Waals surface area contributed by atoms with Crippen LogP contribution in [0.1, 0.15) is 21.5 Å². The fourth-order valence-electron chi connectivity index (χ4n) is 2.95. The molecule has 0 saturated heterocycles. The van der Waals surface area contributed by atoms with Crippen LogP contribution in [0.25, 0.3) is 10.2 Å². The minimum atomic E-state index is -4.23. The van der Waals surface area contributed by atoms with E-state index in [0.29, 0.717) is 21.5 Å². The van der Waals surface area contributed by atoms with Gasteiger partial charge in [0.05, 0.1) is 27.1 Å². The zero-order chi connectivity index (χ0) is 27.0. The van der Waals surface area contributed by atoms with Gasteiger partial charge in [-0.05, 0) is 25.1 Å². The van der Waals surface area contributed by atoms with E-state index in [4.69, 9.17) is 9.81 Å². The first-order chi connectivity index (χ1) is 17.6. The highest BCUT2D eigenvalue weighted by molar-refractivity contribution is 7.94. The third-order valence-corrected chi connectivity index (χ3v) is 6.75. The summed E-state index contributed by atoms with van der Waals surface area (Å²) < 4.78 is 36.0. The highest BCUT2D eigenvalue weighted by Crippen LogP contribution is 2.36. The van der Waals surface area contributed by atoms with E-state index < -0.39 is 21.8 Å². The van der Waals surface area contributed by atoms with Crippen LogP contribution in [0.2, 0.25) is 0 Å². The number of azo groups is 1. The Hall–Kier alpha value is -3.44. The lowest BCUT2D eigenvalue weighted by molar-refractivity contribution is -0.432. The second-order valence-electron chi connectivity index (χ2n) is 7.06. The van der Waals surface area contributed by atoms with Gasteiger partial charge < -0.3 is 15.7 Å². The molecule has 0 radical (unpaired) electrons. The number of nitriles is 1. The third-order valence-electron chi connectivity index (χ3n) is 4.60. The first-order valence-corrected chi connectivity index (χ1v) is 13.5. The molecule has 0 aliphatic heterocycles. The van der Waals surface area contributed by atoms with Crippen LogP contribution in [-0.2, 0) is 19.5 Å². The van der Waals surface area contributed by atoms with Crippen molar-refractivity contribution in [2.24, 2.45) is 10.2 Å². The van der Waals surface area contributed by atoms with Crippen LogP contribution in [-0.4, -0.2) is 63.9 Å². The van der Waals surface area contributed by atoms with Crippen molar-refractivity contribution in [1.82, 2.24) is 9.97 Å². The molecule has 0 aliphatic carbocycles. The zero-order valence-corrected chi connectivity index (χ0v) is 21.4. The molecule has 0 saturated carbocycles. The van der Waals surface area contributed by atoms with E-state index >= 15 is 0 Å². The SMILES string of the molecule is Cc1c(C#N)c(NCCS(=O)(=O)O)nc(NCCSOOO)c1N=Nc1nc2ccc(C(=O)O)cc2s1. The number of pyridine rings is 1. The number of fused-ring (bicyclic) bond motifs is 1. The maximum atomic E-state index is 11.2. The number of aromatic nitrogens is 2. The fraction of sp³-hybridized carbons (Fsp3) is 0.263. The van der Waals surface area contributed by atoms with Gasteiger partial charge in [-0.1, -0.05) is 16.4 Å². The number of carbonyl (C=O) groups is 1. The van der Waals surface area contributed by atoms with Gasteiger partial charge in [0.1, 0.15) is 17.6 Å². The highest BCUT2D eigenvalue weighted by atomic mass is 32.2. The van der Waals surface area contributed by atoms with Gasteiger partial charge in [-0.25, -0.2) is 20.0 Å². The average Bonchev–Trinajstić information content (AvgIpc) is 3.25. The first-order valence-electron chi connectivity index (χ1n) is 10.2. The third kappa shape index (κ3) is 7.77. The van der Waals surface area contributed by atoms with E-state index in [9.17, 15) is 23.6 Å². The monoisotopic (exact) mass is 569 g/mol. The predicted molar refractivity (Wildman–Crippen MR) is 135 cm³/mol. The molecule has 2 aromatic heterocycles. The van der Waals surface area contributed by atoms with Gasteiger partial charge in [0.15, 0.2) is 5.82 Å². The number of thiazole rings is 1. The fourth-order valence-corrected chi connectivity index (χ4v) is 4.43. The highest BCUT2D eigenvalue weighted by Gasteiger charge is 2.18. The Kier molecular flexibility index (Phi) is 9.65. The van der Waals surface area contributed by atoms with Crippen LogP contribution in [0.5, 0.6) is 0 Å². The molecule has 0 spiro atoms. The van der Waals surface area contributed by atoms with Crippen LogP contribution < -0.4 is 10.6 Å². The number of hydrogen-bond donors (Lipinski definition) is 5. The number of hydrogen-bond acceptors (Lipinski definition) is 15. The maximum Gasteiger partial charge on any atom is 0.335 e. The number of carboxylic acids is 1. The summed E-state index contributed by atoms with van der Waals surface area (Å²) in [5, 5.41) is 44.9. The van der Waals surface area contributed by atoms with E-state index in [1.165, 1.54) is 12.1 Å². The van der Waals surface area contributed by atoms with Crippen LogP contribution in [0, 0.1) is 18.3 Å². The summed E-state index contributed by atoms with van der Waals surface area (Å²) >= 11 is 1.92. The first kappa shape index (κ1) is 28.1. The molecule has 3 rings (SSSR count). The summed E-state index contributed by atoms with van der Waals surface area (Å²) in [5.74, 6) is -1.12. The molecule has 18 heteroatoms. The molecule has 15 nitrogen and oxygen atoms in total. The van der Waals surface area contributed by atoms with Crippen molar-refractivity contribution < 1.29 is 37.5 Å². The summed E-state index contributed by atoms with van der Waals surface area (Å²) in [5.41, 5.74) is 1.30. The topological polar surface area (TPSA) is 229 Å². The predicted octanol–water partition coefficient (Wildman–Crippen LogP) is 3.77. The summed E-state index contributed by atoms with van der Waals surface area (Å²) in [4.78, 5) is 19.9. The molecular formula is C19H19N7O8S3. The van der Waals surface area contributed by atoms with Gasteiger partial charge in [0, 0.05) is 36.4 Å². The Balaban J connectivity index is 1.95. The van der Waals surface area contributed by atoms with Crippen molar-refractivity contribution in [3.05, 3.63) is 34.9 Å². The van der Waals surface area contributed by atoms with Gasteiger partial charge >= 0.3 is 5.97 Å².